The van der Waals surface area contributed by atoms with E-state index in [9.17, 15) is 0 Å². The van der Waals surface area contributed by atoms with E-state index in [1.807, 2.05) is 6.08 Å². The van der Waals surface area contributed by atoms with Gasteiger partial charge in [-0.3, -0.25) is 0 Å². The van der Waals surface area contributed by atoms with Gasteiger partial charge in [0.15, 0.2) is 0 Å². The Kier molecular flexibility index (Phi) is 5.22. The lowest BCUT2D eigenvalue weighted by Crippen LogP contribution is -2.23. The monoisotopic (exact) mass is 156 g/mol. The van der Waals surface area contributed by atoms with Crippen LogP contribution < -0.4 is 0 Å². The molecule has 0 aromatic heterocycles. The molecule has 0 unspecified atom stereocenters. The molecule has 66 valence electrons. The van der Waals surface area contributed by atoms with Gasteiger partial charge in [-0.2, -0.15) is 0 Å². The standard InChI is InChI=1S/C10H20O/c1-5-7-9-11-10(3,4)8-6-2/h6H,2,5,7-9H2,1,3-4H3. The average molecular weight is 156 g/mol. The van der Waals surface area contributed by atoms with Crippen molar-refractivity contribution in [2.75, 3.05) is 6.61 Å². The predicted octanol–water partition coefficient (Wildman–Crippen LogP) is 3.16. The van der Waals surface area contributed by atoms with Crippen LogP contribution in [0.25, 0.3) is 0 Å². The van der Waals surface area contributed by atoms with Crippen LogP contribution in [0.15, 0.2) is 12.7 Å². The highest BCUT2D eigenvalue weighted by molar-refractivity contribution is 4.80. The van der Waals surface area contributed by atoms with E-state index in [0.717, 1.165) is 19.4 Å². The number of rotatable bonds is 6. The third kappa shape index (κ3) is 6.11. The smallest absolute Gasteiger partial charge is 0.0660 e. The van der Waals surface area contributed by atoms with E-state index in [-0.39, 0.29) is 5.60 Å². The van der Waals surface area contributed by atoms with E-state index in [2.05, 4.69) is 27.4 Å². The Morgan fingerprint density at radius 2 is 2.09 bits per heavy atom. The summed E-state index contributed by atoms with van der Waals surface area (Å²) < 4.78 is 5.64. The molecule has 0 amide bonds. The first-order valence-electron chi connectivity index (χ1n) is 4.37. The third-order valence-electron chi connectivity index (χ3n) is 1.63. The van der Waals surface area contributed by atoms with Gasteiger partial charge >= 0.3 is 0 Å². The Morgan fingerprint density at radius 3 is 2.55 bits per heavy atom. The lowest BCUT2D eigenvalue weighted by molar-refractivity contribution is -0.0162. The highest BCUT2D eigenvalue weighted by Crippen LogP contribution is 2.14. The summed E-state index contributed by atoms with van der Waals surface area (Å²) in [5.74, 6) is 0. The number of unbranched alkanes of at least 4 members (excludes halogenated alkanes) is 1. The van der Waals surface area contributed by atoms with E-state index in [4.69, 9.17) is 4.74 Å². The quantitative estimate of drug-likeness (QED) is 0.424. The van der Waals surface area contributed by atoms with Crippen molar-refractivity contribution < 1.29 is 4.74 Å². The average Bonchev–Trinajstić information content (AvgIpc) is 1.87. The van der Waals surface area contributed by atoms with Gasteiger partial charge in [-0.05, 0) is 26.7 Å². The summed E-state index contributed by atoms with van der Waals surface area (Å²) in [5.41, 5.74) is -0.0169. The van der Waals surface area contributed by atoms with Gasteiger partial charge in [0.25, 0.3) is 0 Å². The van der Waals surface area contributed by atoms with E-state index in [1.54, 1.807) is 0 Å². The van der Waals surface area contributed by atoms with Crippen LogP contribution >= 0.6 is 0 Å². The second-order valence-corrected chi connectivity index (χ2v) is 3.45. The third-order valence-corrected chi connectivity index (χ3v) is 1.63. The summed E-state index contributed by atoms with van der Waals surface area (Å²) in [5, 5.41) is 0. The van der Waals surface area contributed by atoms with Crippen molar-refractivity contribution in [2.45, 2.75) is 45.6 Å². The van der Waals surface area contributed by atoms with E-state index < -0.39 is 0 Å². The lowest BCUT2D eigenvalue weighted by atomic mass is 10.1. The van der Waals surface area contributed by atoms with Crippen LogP contribution in [0, 0.1) is 0 Å². The molecule has 0 saturated heterocycles. The van der Waals surface area contributed by atoms with Gasteiger partial charge in [0.1, 0.15) is 0 Å². The van der Waals surface area contributed by atoms with Crippen molar-refractivity contribution in [3.8, 4) is 0 Å². The molecule has 1 nitrogen and oxygen atoms in total. The van der Waals surface area contributed by atoms with Crippen LogP contribution in [0.4, 0.5) is 0 Å². The van der Waals surface area contributed by atoms with Gasteiger partial charge in [0, 0.05) is 6.61 Å². The highest BCUT2D eigenvalue weighted by atomic mass is 16.5. The maximum Gasteiger partial charge on any atom is 0.0660 e. The first-order valence-corrected chi connectivity index (χ1v) is 4.37. The Hall–Kier alpha value is -0.300. The number of ether oxygens (including phenoxy) is 1. The summed E-state index contributed by atoms with van der Waals surface area (Å²) in [4.78, 5) is 0. The molecule has 0 aliphatic carbocycles. The second kappa shape index (κ2) is 5.36. The minimum atomic E-state index is -0.0169. The molecule has 11 heavy (non-hydrogen) atoms. The second-order valence-electron chi connectivity index (χ2n) is 3.45. The molecule has 0 aromatic rings. The van der Waals surface area contributed by atoms with Crippen molar-refractivity contribution in [1.82, 2.24) is 0 Å². The zero-order valence-electron chi connectivity index (χ0n) is 8.02. The van der Waals surface area contributed by atoms with Crippen LogP contribution in [0.3, 0.4) is 0 Å². The SMILES string of the molecule is C=CCC(C)(C)OCCCC. The largest absolute Gasteiger partial charge is 0.375 e. The molecule has 0 rings (SSSR count). The van der Waals surface area contributed by atoms with Gasteiger partial charge in [-0.25, -0.2) is 0 Å². The topological polar surface area (TPSA) is 9.23 Å². The molecule has 0 radical (unpaired) electrons. The van der Waals surface area contributed by atoms with Gasteiger partial charge in [0.2, 0.25) is 0 Å². The molecule has 0 aromatic carbocycles. The number of hydrogen-bond donors (Lipinski definition) is 0. The van der Waals surface area contributed by atoms with Crippen molar-refractivity contribution in [3.63, 3.8) is 0 Å². The molecular formula is C10H20O. The molecule has 0 aliphatic rings. The van der Waals surface area contributed by atoms with Crippen LogP contribution in [0.5, 0.6) is 0 Å². The Labute approximate surface area is 70.4 Å². The zero-order valence-corrected chi connectivity index (χ0v) is 8.02. The summed E-state index contributed by atoms with van der Waals surface area (Å²) in [6, 6.07) is 0. The van der Waals surface area contributed by atoms with Crippen LogP contribution in [0.1, 0.15) is 40.0 Å². The first kappa shape index (κ1) is 10.7. The van der Waals surface area contributed by atoms with E-state index >= 15 is 0 Å². The zero-order chi connectivity index (χ0) is 8.74. The molecule has 0 fully saturated rings. The molecule has 0 spiro atoms. The van der Waals surface area contributed by atoms with Gasteiger partial charge in [0.05, 0.1) is 5.60 Å². The van der Waals surface area contributed by atoms with Crippen molar-refractivity contribution in [3.05, 3.63) is 12.7 Å². The van der Waals surface area contributed by atoms with Crippen molar-refractivity contribution in [1.29, 1.82) is 0 Å². The Morgan fingerprint density at radius 1 is 1.45 bits per heavy atom. The lowest BCUT2D eigenvalue weighted by Gasteiger charge is -2.23. The summed E-state index contributed by atoms with van der Waals surface area (Å²) in [6.45, 7) is 10.9. The molecule has 0 heterocycles. The fourth-order valence-electron chi connectivity index (χ4n) is 0.899. The van der Waals surface area contributed by atoms with Gasteiger partial charge in [-0.15, -0.1) is 6.58 Å². The van der Waals surface area contributed by atoms with Crippen molar-refractivity contribution >= 4 is 0 Å². The number of hydrogen-bond acceptors (Lipinski definition) is 1. The summed E-state index contributed by atoms with van der Waals surface area (Å²) >= 11 is 0. The van der Waals surface area contributed by atoms with E-state index in [1.165, 1.54) is 6.42 Å². The molecule has 0 aliphatic heterocycles. The fraction of sp³-hybridized carbons (Fsp3) is 0.800. The normalized spacial score (nSPS) is 11.5. The summed E-state index contributed by atoms with van der Waals surface area (Å²) in [6.07, 6.45) is 5.19. The maximum absolute atomic E-state index is 5.64. The van der Waals surface area contributed by atoms with E-state index in [0.29, 0.717) is 0 Å². The molecule has 0 saturated carbocycles. The predicted molar refractivity (Wildman–Crippen MR) is 49.8 cm³/mol. The fourth-order valence-corrected chi connectivity index (χ4v) is 0.899. The molecular weight excluding hydrogens is 136 g/mol. The molecule has 1 heteroatoms. The first-order chi connectivity index (χ1) is 5.12. The molecule has 0 atom stereocenters. The Bertz CT molecular complexity index is 105. The van der Waals surface area contributed by atoms with Gasteiger partial charge in [-0.1, -0.05) is 19.4 Å². The van der Waals surface area contributed by atoms with Crippen molar-refractivity contribution in [2.24, 2.45) is 0 Å². The maximum atomic E-state index is 5.64. The highest BCUT2D eigenvalue weighted by Gasteiger charge is 2.14. The Balaban J connectivity index is 3.45. The van der Waals surface area contributed by atoms with Crippen LogP contribution in [-0.4, -0.2) is 12.2 Å². The van der Waals surface area contributed by atoms with Crippen LogP contribution in [-0.2, 0) is 4.74 Å². The summed E-state index contributed by atoms with van der Waals surface area (Å²) in [7, 11) is 0. The molecule has 0 bridgehead atoms. The minimum absolute atomic E-state index is 0.0169. The minimum Gasteiger partial charge on any atom is -0.375 e. The van der Waals surface area contributed by atoms with Gasteiger partial charge < -0.3 is 4.74 Å². The van der Waals surface area contributed by atoms with Crippen LogP contribution in [0.2, 0.25) is 0 Å². The molecule has 0 N–H and O–H groups in total.